The molecule has 0 atom stereocenters. The summed E-state index contributed by atoms with van der Waals surface area (Å²) in [6.07, 6.45) is 0.737. The van der Waals surface area contributed by atoms with E-state index in [0.29, 0.717) is 10.0 Å². The molecule has 0 saturated heterocycles. The van der Waals surface area contributed by atoms with E-state index in [1.54, 1.807) is 6.07 Å². The van der Waals surface area contributed by atoms with Crippen molar-refractivity contribution in [1.82, 2.24) is 4.98 Å². The smallest absolute Gasteiger partial charge is 0.178 e. The van der Waals surface area contributed by atoms with Gasteiger partial charge in [-0.3, -0.25) is 4.79 Å². The van der Waals surface area contributed by atoms with Gasteiger partial charge in [0.05, 0.1) is 10.7 Å². The minimum atomic E-state index is 0.462. The molecule has 5 heteroatoms. The highest BCUT2D eigenvalue weighted by molar-refractivity contribution is 9.10. The molecular weight excluding hydrogens is 298 g/mol. The van der Waals surface area contributed by atoms with Gasteiger partial charge in [0.2, 0.25) is 0 Å². The molecule has 76 valence electrons. The summed E-state index contributed by atoms with van der Waals surface area (Å²) in [6.45, 7) is 0. The first-order chi connectivity index (χ1) is 7.20. The highest BCUT2D eigenvalue weighted by atomic mass is 79.9. The average Bonchev–Trinajstić information content (AvgIpc) is 2.66. The van der Waals surface area contributed by atoms with Crippen LogP contribution in [-0.2, 0) is 0 Å². The zero-order valence-electron chi connectivity index (χ0n) is 7.41. The lowest BCUT2D eigenvalue weighted by Crippen LogP contribution is -1.81. The molecule has 0 fully saturated rings. The van der Waals surface area contributed by atoms with Crippen LogP contribution in [0.5, 0.6) is 0 Å². The number of hydrogen-bond acceptors (Lipinski definition) is 3. The molecule has 0 unspecified atom stereocenters. The monoisotopic (exact) mass is 301 g/mol. The van der Waals surface area contributed by atoms with Gasteiger partial charge < -0.3 is 0 Å². The second kappa shape index (κ2) is 4.43. The van der Waals surface area contributed by atoms with Gasteiger partial charge in [-0.25, -0.2) is 4.98 Å². The molecule has 0 amide bonds. The van der Waals surface area contributed by atoms with Crippen LogP contribution in [0.15, 0.2) is 28.1 Å². The van der Waals surface area contributed by atoms with Gasteiger partial charge in [0.15, 0.2) is 11.3 Å². The van der Waals surface area contributed by atoms with Crippen molar-refractivity contribution in [3.05, 3.63) is 38.1 Å². The van der Waals surface area contributed by atoms with E-state index in [1.807, 2.05) is 17.5 Å². The summed E-state index contributed by atoms with van der Waals surface area (Å²) in [5, 5.41) is 2.90. The second-order valence-corrected chi connectivity index (χ2v) is 5.03. The van der Waals surface area contributed by atoms with Gasteiger partial charge in [0.25, 0.3) is 0 Å². The molecular formula is C10H5BrClNOS. The molecule has 0 aliphatic heterocycles. The summed E-state index contributed by atoms with van der Waals surface area (Å²) in [6, 6.07) is 5.56. The Morgan fingerprint density at radius 2 is 2.27 bits per heavy atom. The largest absolute Gasteiger partial charge is 0.295 e. The molecule has 0 N–H and O–H groups in total. The molecule has 0 aliphatic carbocycles. The first kappa shape index (κ1) is 10.8. The standard InChI is InChI=1S/C10H5BrClNOS/c11-6-1-2-7(8(12)3-6)9-5-15-10(4-14)13-9/h1-5H. The quantitative estimate of drug-likeness (QED) is 0.784. The number of carbonyl (C=O) groups excluding carboxylic acids is 1. The molecule has 0 spiro atoms. The summed E-state index contributed by atoms with van der Waals surface area (Å²) in [5.74, 6) is 0. The Kier molecular flexibility index (Phi) is 3.19. The molecule has 2 aromatic rings. The third kappa shape index (κ3) is 2.27. The first-order valence-corrected chi connectivity index (χ1v) is 6.12. The fourth-order valence-electron chi connectivity index (χ4n) is 1.16. The Morgan fingerprint density at radius 3 is 2.87 bits per heavy atom. The number of thiazole rings is 1. The summed E-state index contributed by atoms with van der Waals surface area (Å²) >= 11 is 10.7. The molecule has 1 aromatic heterocycles. The van der Waals surface area contributed by atoms with Crippen molar-refractivity contribution in [2.24, 2.45) is 0 Å². The third-order valence-corrected chi connectivity index (χ3v) is 3.41. The van der Waals surface area contributed by atoms with E-state index in [4.69, 9.17) is 11.6 Å². The fraction of sp³-hybridized carbons (Fsp3) is 0. The zero-order valence-corrected chi connectivity index (χ0v) is 10.6. The van der Waals surface area contributed by atoms with Crippen molar-refractivity contribution in [2.45, 2.75) is 0 Å². The molecule has 1 heterocycles. The van der Waals surface area contributed by atoms with E-state index in [0.717, 1.165) is 22.0 Å². The van der Waals surface area contributed by atoms with Crippen molar-refractivity contribution in [2.75, 3.05) is 0 Å². The predicted molar refractivity (Wildman–Crippen MR) is 65.6 cm³/mol. The van der Waals surface area contributed by atoms with Crippen molar-refractivity contribution in [1.29, 1.82) is 0 Å². The number of hydrogen-bond donors (Lipinski definition) is 0. The van der Waals surface area contributed by atoms with Gasteiger partial charge in [-0.1, -0.05) is 33.6 Å². The first-order valence-electron chi connectivity index (χ1n) is 4.07. The van der Waals surface area contributed by atoms with E-state index in [-0.39, 0.29) is 0 Å². The molecule has 1 aromatic carbocycles. The lowest BCUT2D eigenvalue weighted by atomic mass is 10.2. The van der Waals surface area contributed by atoms with Gasteiger partial charge in [-0.2, -0.15) is 0 Å². The lowest BCUT2D eigenvalue weighted by molar-refractivity contribution is 0.112. The van der Waals surface area contributed by atoms with Crippen molar-refractivity contribution in [3.8, 4) is 11.3 Å². The SMILES string of the molecule is O=Cc1nc(-c2ccc(Br)cc2Cl)cs1. The predicted octanol–water partition coefficient (Wildman–Crippen LogP) is 4.04. The average molecular weight is 303 g/mol. The van der Waals surface area contributed by atoms with Crippen LogP contribution in [0.25, 0.3) is 11.3 Å². The van der Waals surface area contributed by atoms with Crippen LogP contribution >= 0.6 is 38.9 Å². The highest BCUT2D eigenvalue weighted by Gasteiger charge is 2.07. The van der Waals surface area contributed by atoms with Crippen LogP contribution in [0.1, 0.15) is 9.80 Å². The Bertz CT molecular complexity index is 512. The molecule has 0 saturated carbocycles. The summed E-state index contributed by atoms with van der Waals surface area (Å²) in [7, 11) is 0. The molecule has 0 radical (unpaired) electrons. The maximum absolute atomic E-state index is 10.5. The normalized spacial score (nSPS) is 10.3. The Morgan fingerprint density at radius 1 is 1.47 bits per heavy atom. The number of aldehydes is 1. The van der Waals surface area contributed by atoms with Crippen LogP contribution in [-0.4, -0.2) is 11.3 Å². The van der Waals surface area contributed by atoms with Crippen LogP contribution < -0.4 is 0 Å². The van der Waals surface area contributed by atoms with E-state index in [2.05, 4.69) is 20.9 Å². The van der Waals surface area contributed by atoms with E-state index >= 15 is 0 Å². The van der Waals surface area contributed by atoms with E-state index < -0.39 is 0 Å². The number of rotatable bonds is 2. The van der Waals surface area contributed by atoms with Crippen molar-refractivity contribution in [3.63, 3.8) is 0 Å². The third-order valence-electron chi connectivity index (χ3n) is 1.83. The minimum Gasteiger partial charge on any atom is -0.295 e. The Balaban J connectivity index is 2.49. The van der Waals surface area contributed by atoms with E-state index in [1.165, 1.54) is 11.3 Å². The molecule has 15 heavy (non-hydrogen) atoms. The van der Waals surface area contributed by atoms with Gasteiger partial charge >= 0.3 is 0 Å². The summed E-state index contributed by atoms with van der Waals surface area (Å²) in [4.78, 5) is 14.6. The van der Waals surface area contributed by atoms with Crippen molar-refractivity contribution < 1.29 is 4.79 Å². The second-order valence-electron chi connectivity index (χ2n) is 2.81. The molecule has 2 rings (SSSR count). The number of benzene rings is 1. The summed E-state index contributed by atoms with van der Waals surface area (Å²) in [5.41, 5.74) is 1.57. The number of carbonyl (C=O) groups is 1. The van der Waals surface area contributed by atoms with Gasteiger partial charge in [-0.05, 0) is 12.1 Å². The summed E-state index contributed by atoms with van der Waals surface area (Å²) < 4.78 is 0.919. The molecule has 0 aliphatic rings. The lowest BCUT2D eigenvalue weighted by Gasteiger charge is -2.00. The Hall–Kier alpha value is -0.710. The number of nitrogens with zero attached hydrogens (tertiary/aromatic N) is 1. The zero-order chi connectivity index (χ0) is 10.8. The van der Waals surface area contributed by atoms with Crippen molar-refractivity contribution >= 4 is 45.2 Å². The van der Waals surface area contributed by atoms with E-state index in [9.17, 15) is 4.79 Å². The highest BCUT2D eigenvalue weighted by Crippen LogP contribution is 2.30. The number of aromatic nitrogens is 1. The minimum absolute atomic E-state index is 0.462. The molecule has 0 bridgehead atoms. The van der Waals surface area contributed by atoms with Gasteiger partial charge in [0, 0.05) is 15.4 Å². The molecule has 2 nitrogen and oxygen atoms in total. The maximum Gasteiger partial charge on any atom is 0.178 e. The van der Waals surface area contributed by atoms with Crippen LogP contribution in [0.4, 0.5) is 0 Å². The van der Waals surface area contributed by atoms with Gasteiger partial charge in [0.1, 0.15) is 0 Å². The topological polar surface area (TPSA) is 30.0 Å². The fourth-order valence-corrected chi connectivity index (χ4v) is 2.55. The van der Waals surface area contributed by atoms with Crippen LogP contribution in [0, 0.1) is 0 Å². The van der Waals surface area contributed by atoms with Gasteiger partial charge in [-0.15, -0.1) is 11.3 Å². The Labute approximate surface area is 104 Å². The number of halogens is 2. The van der Waals surface area contributed by atoms with Crippen LogP contribution in [0.2, 0.25) is 5.02 Å². The maximum atomic E-state index is 10.5. The van der Waals surface area contributed by atoms with Crippen LogP contribution in [0.3, 0.4) is 0 Å².